The van der Waals surface area contributed by atoms with Crippen LogP contribution in [0.25, 0.3) is 0 Å². The van der Waals surface area contributed by atoms with E-state index in [2.05, 4.69) is 5.16 Å². The molecule has 8 heteroatoms. The molecule has 8 nitrogen and oxygen atoms in total. The average molecular weight is 368 g/mol. The molecule has 1 aromatic heterocycles. The minimum absolute atomic E-state index is 0.0572. The SMILES string of the molecule is Cc1cc(C(=O)N2CCC(N3CC(=O)N(c4ccccc4)C3=O)CC2)no1. The van der Waals surface area contributed by atoms with Crippen LogP contribution in [0.1, 0.15) is 29.1 Å². The van der Waals surface area contributed by atoms with Gasteiger partial charge in [-0.05, 0) is 31.9 Å². The number of aromatic nitrogens is 1. The minimum Gasteiger partial charge on any atom is -0.361 e. The van der Waals surface area contributed by atoms with E-state index in [0.29, 0.717) is 43.1 Å². The second-order valence-corrected chi connectivity index (χ2v) is 6.82. The van der Waals surface area contributed by atoms with Crippen molar-refractivity contribution in [3.8, 4) is 0 Å². The highest BCUT2D eigenvalue weighted by atomic mass is 16.5. The van der Waals surface area contributed by atoms with E-state index in [1.165, 1.54) is 4.90 Å². The first kappa shape index (κ1) is 17.3. The summed E-state index contributed by atoms with van der Waals surface area (Å²) in [5.74, 6) is 0.207. The fourth-order valence-electron chi connectivity index (χ4n) is 3.65. The molecule has 2 aromatic rings. The van der Waals surface area contributed by atoms with Crippen LogP contribution >= 0.6 is 0 Å². The van der Waals surface area contributed by atoms with Gasteiger partial charge in [0.05, 0.1) is 5.69 Å². The highest BCUT2D eigenvalue weighted by Gasteiger charge is 2.41. The Morgan fingerprint density at radius 2 is 1.85 bits per heavy atom. The van der Waals surface area contributed by atoms with E-state index < -0.39 is 0 Å². The van der Waals surface area contributed by atoms with Crippen LogP contribution in [0.15, 0.2) is 40.9 Å². The summed E-state index contributed by atoms with van der Waals surface area (Å²) in [4.78, 5) is 42.2. The number of nitrogens with zero attached hydrogens (tertiary/aromatic N) is 4. The second-order valence-electron chi connectivity index (χ2n) is 6.82. The number of imide groups is 1. The fourth-order valence-corrected chi connectivity index (χ4v) is 3.65. The van der Waals surface area contributed by atoms with Gasteiger partial charge in [-0.1, -0.05) is 23.4 Å². The molecule has 2 fully saturated rings. The Kier molecular flexibility index (Phi) is 4.39. The van der Waals surface area contributed by atoms with Crippen molar-refractivity contribution in [1.29, 1.82) is 0 Å². The maximum atomic E-state index is 12.8. The molecule has 140 valence electrons. The predicted octanol–water partition coefficient (Wildman–Crippen LogP) is 2.06. The molecule has 4 rings (SSSR count). The Morgan fingerprint density at radius 1 is 1.15 bits per heavy atom. The zero-order valence-corrected chi connectivity index (χ0v) is 15.0. The number of para-hydroxylation sites is 1. The maximum absolute atomic E-state index is 12.8. The first-order chi connectivity index (χ1) is 13.0. The van der Waals surface area contributed by atoms with Crippen LogP contribution in [-0.4, -0.2) is 58.5 Å². The molecule has 27 heavy (non-hydrogen) atoms. The second kappa shape index (κ2) is 6.86. The zero-order valence-electron chi connectivity index (χ0n) is 15.0. The third kappa shape index (κ3) is 3.18. The number of rotatable bonds is 3. The molecule has 2 saturated heterocycles. The van der Waals surface area contributed by atoms with Crippen LogP contribution in [0, 0.1) is 6.92 Å². The third-order valence-electron chi connectivity index (χ3n) is 5.05. The Morgan fingerprint density at radius 3 is 2.48 bits per heavy atom. The fraction of sp³-hybridized carbons (Fsp3) is 0.368. The van der Waals surface area contributed by atoms with Crippen LogP contribution in [0.3, 0.4) is 0 Å². The van der Waals surface area contributed by atoms with Gasteiger partial charge in [0.1, 0.15) is 12.3 Å². The number of aryl methyl sites for hydroxylation is 1. The lowest BCUT2D eigenvalue weighted by Crippen LogP contribution is -2.48. The molecule has 0 spiro atoms. The van der Waals surface area contributed by atoms with E-state index in [1.54, 1.807) is 47.1 Å². The maximum Gasteiger partial charge on any atom is 0.332 e. The minimum atomic E-state index is -0.289. The third-order valence-corrected chi connectivity index (χ3v) is 5.05. The standard InChI is InChI=1S/C19H20N4O4/c1-13-11-16(20-27-13)18(25)21-9-7-14(8-10-21)22-12-17(24)23(19(22)26)15-5-3-2-4-6-15/h2-6,11,14H,7-10,12H2,1H3. The van der Waals surface area contributed by atoms with Gasteiger partial charge in [0, 0.05) is 25.2 Å². The van der Waals surface area contributed by atoms with Gasteiger partial charge in [-0.25, -0.2) is 9.69 Å². The number of hydrogen-bond acceptors (Lipinski definition) is 5. The molecule has 0 unspecified atom stereocenters. The number of carbonyl (C=O) groups is 3. The van der Waals surface area contributed by atoms with Crippen molar-refractivity contribution in [3.05, 3.63) is 47.9 Å². The Balaban J connectivity index is 1.41. The highest BCUT2D eigenvalue weighted by molar-refractivity contribution is 6.19. The van der Waals surface area contributed by atoms with Crippen molar-refractivity contribution in [1.82, 2.24) is 15.0 Å². The summed E-state index contributed by atoms with van der Waals surface area (Å²) in [7, 11) is 0. The van der Waals surface area contributed by atoms with Crippen molar-refractivity contribution in [2.75, 3.05) is 24.5 Å². The van der Waals surface area contributed by atoms with E-state index in [4.69, 9.17) is 4.52 Å². The number of hydrogen-bond donors (Lipinski definition) is 0. The van der Waals surface area contributed by atoms with Gasteiger partial charge < -0.3 is 14.3 Å². The number of piperidine rings is 1. The van der Waals surface area contributed by atoms with E-state index in [1.807, 2.05) is 6.07 Å². The number of carbonyl (C=O) groups excluding carboxylic acids is 3. The predicted molar refractivity (Wildman–Crippen MR) is 96.2 cm³/mol. The van der Waals surface area contributed by atoms with Gasteiger partial charge in [-0.15, -0.1) is 0 Å². The van der Waals surface area contributed by atoms with Crippen LogP contribution in [0.4, 0.5) is 10.5 Å². The van der Waals surface area contributed by atoms with Crippen molar-refractivity contribution in [2.24, 2.45) is 0 Å². The Labute approximate surface area is 156 Å². The summed E-state index contributed by atoms with van der Waals surface area (Å²) in [6.07, 6.45) is 1.26. The van der Waals surface area contributed by atoms with Crippen LogP contribution < -0.4 is 4.90 Å². The van der Waals surface area contributed by atoms with Crippen LogP contribution in [-0.2, 0) is 4.79 Å². The normalized spacial score (nSPS) is 18.5. The van der Waals surface area contributed by atoms with Crippen molar-refractivity contribution in [2.45, 2.75) is 25.8 Å². The van der Waals surface area contributed by atoms with E-state index >= 15 is 0 Å². The van der Waals surface area contributed by atoms with Gasteiger partial charge >= 0.3 is 6.03 Å². The molecule has 1 aromatic carbocycles. The zero-order chi connectivity index (χ0) is 19.0. The number of amides is 4. The molecular weight excluding hydrogens is 348 g/mol. The number of urea groups is 1. The molecule has 3 heterocycles. The number of benzene rings is 1. The topological polar surface area (TPSA) is 87.0 Å². The van der Waals surface area contributed by atoms with E-state index in [9.17, 15) is 14.4 Å². The summed E-state index contributed by atoms with van der Waals surface area (Å²) in [6.45, 7) is 2.84. The number of anilines is 1. The highest BCUT2D eigenvalue weighted by Crippen LogP contribution is 2.26. The lowest BCUT2D eigenvalue weighted by atomic mass is 10.0. The first-order valence-corrected chi connectivity index (χ1v) is 8.96. The largest absolute Gasteiger partial charge is 0.361 e. The smallest absolute Gasteiger partial charge is 0.332 e. The monoisotopic (exact) mass is 368 g/mol. The lowest BCUT2D eigenvalue weighted by Gasteiger charge is -2.35. The molecule has 0 N–H and O–H groups in total. The summed E-state index contributed by atoms with van der Waals surface area (Å²) < 4.78 is 4.97. The number of likely N-dealkylation sites (tertiary alicyclic amines) is 1. The van der Waals surface area contributed by atoms with Gasteiger partial charge in [0.15, 0.2) is 5.69 Å². The molecule has 2 aliphatic rings. The van der Waals surface area contributed by atoms with Crippen molar-refractivity contribution in [3.63, 3.8) is 0 Å². The molecule has 0 bridgehead atoms. The molecule has 4 amide bonds. The summed E-state index contributed by atoms with van der Waals surface area (Å²) in [5.41, 5.74) is 0.887. The molecule has 0 aliphatic carbocycles. The van der Waals surface area contributed by atoms with E-state index in [-0.39, 0.29) is 30.4 Å². The van der Waals surface area contributed by atoms with Gasteiger partial charge in [0.2, 0.25) is 0 Å². The first-order valence-electron chi connectivity index (χ1n) is 8.96. The molecular formula is C19H20N4O4. The Hall–Kier alpha value is -3.16. The molecule has 0 saturated carbocycles. The average Bonchev–Trinajstić information content (AvgIpc) is 3.25. The quantitative estimate of drug-likeness (QED) is 0.774. The van der Waals surface area contributed by atoms with Gasteiger partial charge in [0.25, 0.3) is 11.8 Å². The lowest BCUT2D eigenvalue weighted by molar-refractivity contribution is -0.116. The van der Waals surface area contributed by atoms with Crippen LogP contribution in [0.5, 0.6) is 0 Å². The van der Waals surface area contributed by atoms with Crippen molar-refractivity contribution < 1.29 is 18.9 Å². The van der Waals surface area contributed by atoms with Gasteiger partial charge in [-0.3, -0.25) is 9.59 Å². The molecule has 2 aliphatic heterocycles. The summed E-state index contributed by atoms with van der Waals surface area (Å²) in [5, 5.41) is 3.77. The summed E-state index contributed by atoms with van der Waals surface area (Å²) >= 11 is 0. The van der Waals surface area contributed by atoms with Gasteiger partial charge in [-0.2, -0.15) is 0 Å². The summed E-state index contributed by atoms with van der Waals surface area (Å²) in [6, 6.07) is 10.2. The molecule has 0 atom stereocenters. The molecule has 0 radical (unpaired) electrons. The Bertz CT molecular complexity index is 871. The van der Waals surface area contributed by atoms with Crippen LogP contribution in [0.2, 0.25) is 0 Å². The van der Waals surface area contributed by atoms with E-state index in [0.717, 1.165) is 0 Å². The van der Waals surface area contributed by atoms with Crippen molar-refractivity contribution >= 4 is 23.5 Å².